The first-order valence-corrected chi connectivity index (χ1v) is 10.5. The van der Waals surface area contributed by atoms with E-state index in [1.54, 1.807) is 18.2 Å². The molecule has 0 atom stereocenters. The maximum atomic E-state index is 12.8. The van der Waals surface area contributed by atoms with E-state index in [1.165, 1.54) is 29.9 Å². The van der Waals surface area contributed by atoms with Crippen LogP contribution in [0.15, 0.2) is 45.7 Å². The maximum Gasteiger partial charge on any atom is 0.308 e. The molecule has 0 amide bonds. The van der Waals surface area contributed by atoms with Crippen LogP contribution >= 0.6 is 27.3 Å². The Bertz CT molecular complexity index is 1390. The van der Waals surface area contributed by atoms with E-state index in [0.29, 0.717) is 31.1 Å². The number of methoxy groups -OCH3 is 1. The van der Waals surface area contributed by atoms with E-state index in [9.17, 15) is 9.59 Å². The van der Waals surface area contributed by atoms with Crippen molar-refractivity contribution in [1.29, 1.82) is 0 Å². The molecular weight excluding hydrogens is 470 g/mol. The molecule has 2 aromatic carbocycles. The molecule has 0 N–H and O–H groups in total. The SMILES string of the molecule is COc1cc(/C=c2\sc3nc(-c4cccc(C)c4)nn3c2=O)cc(Br)c1OC(C)=O. The molecule has 4 rings (SSSR count). The Kier molecular flexibility index (Phi) is 5.40. The molecular formula is C21H16BrN3O4S. The van der Waals surface area contributed by atoms with Crippen LogP contribution in [-0.4, -0.2) is 27.7 Å². The molecule has 0 saturated carbocycles. The van der Waals surface area contributed by atoms with Crippen LogP contribution in [0.25, 0.3) is 22.4 Å². The summed E-state index contributed by atoms with van der Waals surface area (Å²) in [5, 5.41) is 4.38. The van der Waals surface area contributed by atoms with E-state index in [1.807, 2.05) is 31.2 Å². The molecule has 7 nitrogen and oxygen atoms in total. The fourth-order valence-corrected chi connectivity index (χ4v) is 4.41. The summed E-state index contributed by atoms with van der Waals surface area (Å²) >= 11 is 4.64. The number of carbonyl (C=O) groups excluding carboxylic acids is 1. The number of aromatic nitrogens is 3. The summed E-state index contributed by atoms with van der Waals surface area (Å²) < 4.78 is 12.8. The largest absolute Gasteiger partial charge is 0.493 e. The number of rotatable bonds is 4. The van der Waals surface area contributed by atoms with E-state index < -0.39 is 5.97 Å². The predicted molar refractivity (Wildman–Crippen MR) is 118 cm³/mol. The van der Waals surface area contributed by atoms with Gasteiger partial charge in [-0.3, -0.25) is 9.59 Å². The Morgan fingerprint density at radius 1 is 1.27 bits per heavy atom. The third-order valence-electron chi connectivity index (χ3n) is 4.25. The van der Waals surface area contributed by atoms with Crippen LogP contribution in [0.3, 0.4) is 0 Å². The van der Waals surface area contributed by atoms with Crippen LogP contribution in [0.2, 0.25) is 0 Å². The quantitative estimate of drug-likeness (QED) is 0.325. The zero-order valence-electron chi connectivity index (χ0n) is 16.3. The summed E-state index contributed by atoms with van der Waals surface area (Å²) in [7, 11) is 1.48. The molecule has 2 heterocycles. The van der Waals surface area contributed by atoms with Gasteiger partial charge in [0.05, 0.1) is 16.1 Å². The summed E-state index contributed by atoms with van der Waals surface area (Å²) in [6, 6.07) is 11.3. The van der Waals surface area contributed by atoms with Gasteiger partial charge in [0.15, 0.2) is 17.3 Å². The number of nitrogens with zero attached hydrogens (tertiary/aromatic N) is 3. The normalized spacial score (nSPS) is 11.8. The fraction of sp³-hybridized carbons (Fsp3) is 0.143. The van der Waals surface area contributed by atoms with E-state index in [0.717, 1.165) is 11.1 Å². The van der Waals surface area contributed by atoms with Gasteiger partial charge < -0.3 is 9.47 Å². The molecule has 0 aliphatic carbocycles. The molecule has 0 aliphatic heterocycles. The van der Waals surface area contributed by atoms with Gasteiger partial charge in [0.2, 0.25) is 4.96 Å². The van der Waals surface area contributed by atoms with Gasteiger partial charge >= 0.3 is 5.97 Å². The topological polar surface area (TPSA) is 82.8 Å². The van der Waals surface area contributed by atoms with Crippen LogP contribution < -0.4 is 19.6 Å². The number of halogens is 1. The maximum absolute atomic E-state index is 12.8. The van der Waals surface area contributed by atoms with Crippen molar-refractivity contribution in [3.05, 3.63) is 66.9 Å². The monoisotopic (exact) mass is 485 g/mol. The lowest BCUT2D eigenvalue weighted by Crippen LogP contribution is -2.23. The summed E-state index contributed by atoms with van der Waals surface area (Å²) in [5.74, 6) is 0.723. The van der Waals surface area contributed by atoms with Gasteiger partial charge in [-0.25, -0.2) is 0 Å². The molecule has 0 spiro atoms. The van der Waals surface area contributed by atoms with Gasteiger partial charge in [0.1, 0.15) is 0 Å². The van der Waals surface area contributed by atoms with Gasteiger partial charge in [-0.2, -0.15) is 9.50 Å². The number of hydrogen-bond acceptors (Lipinski definition) is 7. The number of aryl methyl sites for hydroxylation is 1. The minimum absolute atomic E-state index is 0.249. The highest BCUT2D eigenvalue weighted by Gasteiger charge is 2.15. The highest BCUT2D eigenvalue weighted by atomic mass is 79.9. The van der Waals surface area contributed by atoms with Crippen molar-refractivity contribution < 1.29 is 14.3 Å². The first-order valence-electron chi connectivity index (χ1n) is 8.90. The van der Waals surface area contributed by atoms with Crippen LogP contribution in [0.1, 0.15) is 18.1 Å². The lowest BCUT2D eigenvalue weighted by molar-refractivity contribution is -0.132. The second-order valence-electron chi connectivity index (χ2n) is 6.54. The molecule has 0 unspecified atom stereocenters. The first kappa shape index (κ1) is 20.2. The average Bonchev–Trinajstić information content (AvgIpc) is 3.23. The van der Waals surface area contributed by atoms with Gasteiger partial charge in [0.25, 0.3) is 5.56 Å². The van der Waals surface area contributed by atoms with Crippen molar-refractivity contribution in [1.82, 2.24) is 14.6 Å². The number of benzene rings is 2. The predicted octanol–water partition coefficient (Wildman–Crippen LogP) is 3.37. The highest BCUT2D eigenvalue weighted by molar-refractivity contribution is 9.10. The Labute approximate surface area is 183 Å². The second-order valence-corrected chi connectivity index (χ2v) is 8.41. The van der Waals surface area contributed by atoms with Gasteiger partial charge in [-0.05, 0) is 52.7 Å². The number of hydrogen-bond donors (Lipinski definition) is 0. The number of carbonyl (C=O) groups is 1. The number of fused-ring (bicyclic) bond motifs is 1. The Morgan fingerprint density at radius 2 is 2.07 bits per heavy atom. The highest BCUT2D eigenvalue weighted by Crippen LogP contribution is 2.37. The summed E-state index contributed by atoms with van der Waals surface area (Å²) in [4.78, 5) is 29.2. The van der Waals surface area contributed by atoms with E-state index in [4.69, 9.17) is 9.47 Å². The van der Waals surface area contributed by atoms with Crippen LogP contribution in [-0.2, 0) is 4.79 Å². The van der Waals surface area contributed by atoms with Crippen LogP contribution in [0.4, 0.5) is 0 Å². The standard InChI is InChI=1S/C21H16BrN3O4S/c1-11-5-4-6-14(7-11)19-23-21-25(24-19)20(27)17(30-21)10-13-8-15(22)18(29-12(2)26)16(9-13)28-3/h4-10H,1-3H3/b17-10-. The third-order valence-corrected chi connectivity index (χ3v) is 5.80. The summed E-state index contributed by atoms with van der Waals surface area (Å²) in [6.07, 6.45) is 1.72. The fourth-order valence-electron chi connectivity index (χ4n) is 2.96. The van der Waals surface area contributed by atoms with Crippen molar-refractivity contribution in [3.8, 4) is 22.9 Å². The molecule has 0 bridgehead atoms. The van der Waals surface area contributed by atoms with Crippen molar-refractivity contribution in [2.24, 2.45) is 0 Å². The smallest absolute Gasteiger partial charge is 0.308 e. The minimum atomic E-state index is -0.456. The van der Waals surface area contributed by atoms with Crippen molar-refractivity contribution in [2.45, 2.75) is 13.8 Å². The van der Waals surface area contributed by atoms with Crippen molar-refractivity contribution in [3.63, 3.8) is 0 Å². The molecule has 0 aliphatic rings. The lowest BCUT2D eigenvalue weighted by Gasteiger charge is -2.10. The van der Waals surface area contributed by atoms with Gasteiger partial charge in [0, 0.05) is 12.5 Å². The molecule has 152 valence electrons. The van der Waals surface area contributed by atoms with Crippen molar-refractivity contribution >= 4 is 44.3 Å². The zero-order chi connectivity index (χ0) is 21.4. The molecule has 0 fully saturated rings. The summed E-state index contributed by atoms with van der Waals surface area (Å²) in [5.41, 5.74) is 2.42. The minimum Gasteiger partial charge on any atom is -0.493 e. The lowest BCUT2D eigenvalue weighted by atomic mass is 10.1. The molecule has 9 heteroatoms. The molecule has 2 aromatic heterocycles. The molecule has 30 heavy (non-hydrogen) atoms. The first-order chi connectivity index (χ1) is 14.4. The van der Waals surface area contributed by atoms with Gasteiger partial charge in [-0.1, -0.05) is 35.1 Å². The number of thiazole rings is 1. The Hall–Kier alpha value is -3.04. The zero-order valence-corrected chi connectivity index (χ0v) is 18.7. The summed E-state index contributed by atoms with van der Waals surface area (Å²) in [6.45, 7) is 3.31. The Morgan fingerprint density at radius 3 is 2.73 bits per heavy atom. The molecule has 0 saturated heterocycles. The van der Waals surface area contributed by atoms with Gasteiger partial charge in [-0.15, -0.1) is 5.10 Å². The van der Waals surface area contributed by atoms with Crippen LogP contribution in [0, 0.1) is 6.92 Å². The Balaban J connectivity index is 1.77. The number of ether oxygens (including phenoxy) is 2. The molecule has 4 aromatic rings. The van der Waals surface area contributed by atoms with E-state index in [2.05, 4.69) is 26.0 Å². The average molecular weight is 486 g/mol. The third kappa shape index (κ3) is 3.86. The van der Waals surface area contributed by atoms with E-state index in [-0.39, 0.29) is 11.3 Å². The van der Waals surface area contributed by atoms with Crippen molar-refractivity contribution in [2.75, 3.05) is 7.11 Å². The molecule has 0 radical (unpaired) electrons. The second kappa shape index (κ2) is 8.00. The van der Waals surface area contributed by atoms with Crippen LogP contribution in [0.5, 0.6) is 11.5 Å². The van der Waals surface area contributed by atoms with E-state index >= 15 is 0 Å². The number of esters is 1.